The summed E-state index contributed by atoms with van der Waals surface area (Å²) in [6, 6.07) is 6.19. The Bertz CT molecular complexity index is 577. The summed E-state index contributed by atoms with van der Waals surface area (Å²) in [5.74, 6) is -0.724. The number of aryl methyl sites for hydroxylation is 1. The predicted octanol–water partition coefficient (Wildman–Crippen LogP) is 2.26. The summed E-state index contributed by atoms with van der Waals surface area (Å²) in [5, 5.41) is 8.59. The molecule has 0 radical (unpaired) electrons. The molecule has 0 fully saturated rings. The number of hydrogen-bond acceptors (Lipinski definition) is 3. The van der Waals surface area contributed by atoms with Crippen LogP contribution in [-0.4, -0.2) is 34.2 Å². The molecule has 1 aromatic carbocycles. The summed E-state index contributed by atoms with van der Waals surface area (Å²) in [6.45, 7) is 0.853. The molecule has 0 spiro atoms. The number of carbonyl (C=O) groups is 1. The average Bonchev–Trinajstić information content (AvgIpc) is 2.75. The van der Waals surface area contributed by atoms with Crippen molar-refractivity contribution in [1.82, 2.24) is 9.55 Å². The van der Waals surface area contributed by atoms with E-state index in [0.717, 1.165) is 29.7 Å². The van der Waals surface area contributed by atoms with Crippen molar-refractivity contribution in [3.05, 3.63) is 24.5 Å². The SMILES string of the molecule is CN(CCCCC(=O)O)c1ccc2c(c1)ncn2C. The van der Waals surface area contributed by atoms with Crippen molar-refractivity contribution in [2.75, 3.05) is 18.5 Å². The van der Waals surface area contributed by atoms with E-state index in [1.54, 1.807) is 6.33 Å². The maximum absolute atomic E-state index is 10.4. The molecule has 2 aromatic rings. The third kappa shape index (κ3) is 3.24. The summed E-state index contributed by atoms with van der Waals surface area (Å²) < 4.78 is 1.99. The number of aromatic nitrogens is 2. The molecule has 5 heteroatoms. The van der Waals surface area contributed by atoms with E-state index in [1.807, 2.05) is 18.7 Å². The number of fused-ring (bicyclic) bond motifs is 1. The van der Waals surface area contributed by atoms with E-state index in [9.17, 15) is 4.79 Å². The molecular weight excluding hydrogens is 242 g/mol. The lowest BCUT2D eigenvalue weighted by Crippen LogP contribution is -2.18. The minimum atomic E-state index is -0.724. The Morgan fingerprint density at radius 1 is 1.42 bits per heavy atom. The highest BCUT2D eigenvalue weighted by Gasteiger charge is 2.05. The summed E-state index contributed by atoms with van der Waals surface area (Å²) >= 11 is 0. The second-order valence-corrected chi connectivity index (χ2v) is 4.80. The van der Waals surface area contributed by atoms with Crippen molar-refractivity contribution >= 4 is 22.7 Å². The van der Waals surface area contributed by atoms with E-state index >= 15 is 0 Å². The highest BCUT2D eigenvalue weighted by Crippen LogP contribution is 2.20. The van der Waals surface area contributed by atoms with Gasteiger partial charge in [-0.2, -0.15) is 0 Å². The van der Waals surface area contributed by atoms with Gasteiger partial charge in [-0.1, -0.05) is 0 Å². The Kier molecular flexibility index (Phi) is 4.04. The number of aliphatic carboxylic acids is 1. The van der Waals surface area contributed by atoms with Crippen LogP contribution in [0.4, 0.5) is 5.69 Å². The second-order valence-electron chi connectivity index (χ2n) is 4.80. The van der Waals surface area contributed by atoms with Gasteiger partial charge in [-0.15, -0.1) is 0 Å². The van der Waals surface area contributed by atoms with Crippen molar-refractivity contribution in [1.29, 1.82) is 0 Å². The quantitative estimate of drug-likeness (QED) is 0.810. The summed E-state index contributed by atoms with van der Waals surface area (Å²) in [7, 11) is 4.00. The van der Waals surface area contributed by atoms with Crippen LogP contribution in [-0.2, 0) is 11.8 Å². The van der Waals surface area contributed by atoms with E-state index in [-0.39, 0.29) is 6.42 Å². The van der Waals surface area contributed by atoms with Gasteiger partial charge in [0.2, 0.25) is 0 Å². The molecule has 1 aromatic heterocycles. The Labute approximate surface area is 112 Å². The minimum Gasteiger partial charge on any atom is -0.481 e. The monoisotopic (exact) mass is 261 g/mol. The first-order valence-corrected chi connectivity index (χ1v) is 6.42. The number of carboxylic acids is 1. The standard InChI is InChI=1S/C14H19N3O2/c1-16(8-4-3-5-14(18)19)11-6-7-13-12(9-11)15-10-17(13)2/h6-7,9-10H,3-5,8H2,1-2H3,(H,18,19). The van der Waals surface area contributed by atoms with E-state index < -0.39 is 5.97 Å². The fraction of sp³-hybridized carbons (Fsp3) is 0.429. The fourth-order valence-corrected chi connectivity index (χ4v) is 2.12. The summed E-state index contributed by atoms with van der Waals surface area (Å²) in [4.78, 5) is 16.9. The lowest BCUT2D eigenvalue weighted by molar-refractivity contribution is -0.137. The minimum absolute atomic E-state index is 0.243. The molecular formula is C14H19N3O2. The van der Waals surface area contributed by atoms with E-state index in [2.05, 4.69) is 28.1 Å². The molecule has 0 aliphatic rings. The Balaban J connectivity index is 1.97. The van der Waals surface area contributed by atoms with Gasteiger partial charge in [-0.3, -0.25) is 4.79 Å². The maximum atomic E-state index is 10.4. The molecule has 5 nitrogen and oxygen atoms in total. The van der Waals surface area contributed by atoms with Crippen LogP contribution >= 0.6 is 0 Å². The average molecular weight is 261 g/mol. The second kappa shape index (κ2) is 5.73. The normalized spacial score (nSPS) is 10.8. The van der Waals surface area contributed by atoms with Crippen LogP contribution in [0.5, 0.6) is 0 Å². The van der Waals surface area contributed by atoms with Gasteiger partial charge in [0.15, 0.2) is 0 Å². The number of nitrogens with zero attached hydrogens (tertiary/aromatic N) is 3. The first-order chi connectivity index (χ1) is 9.08. The number of benzene rings is 1. The summed E-state index contributed by atoms with van der Waals surface area (Å²) in [6.07, 6.45) is 3.64. The number of unbranched alkanes of at least 4 members (excludes halogenated alkanes) is 1. The van der Waals surface area contributed by atoms with Crippen molar-refractivity contribution in [2.45, 2.75) is 19.3 Å². The largest absolute Gasteiger partial charge is 0.481 e. The van der Waals surface area contributed by atoms with Crippen molar-refractivity contribution in [3.63, 3.8) is 0 Å². The van der Waals surface area contributed by atoms with Crippen LogP contribution in [0.15, 0.2) is 24.5 Å². The van der Waals surface area contributed by atoms with Gasteiger partial charge >= 0.3 is 5.97 Å². The fourth-order valence-electron chi connectivity index (χ4n) is 2.12. The van der Waals surface area contributed by atoms with Crippen LogP contribution in [0.25, 0.3) is 11.0 Å². The third-order valence-corrected chi connectivity index (χ3v) is 3.28. The molecule has 0 saturated carbocycles. The van der Waals surface area contributed by atoms with E-state index in [1.165, 1.54) is 0 Å². The van der Waals surface area contributed by atoms with Gasteiger partial charge in [0.05, 0.1) is 17.4 Å². The van der Waals surface area contributed by atoms with Crippen molar-refractivity contribution in [2.24, 2.45) is 7.05 Å². The van der Waals surface area contributed by atoms with Crippen LogP contribution < -0.4 is 4.90 Å². The molecule has 0 aliphatic heterocycles. The molecule has 0 aliphatic carbocycles. The van der Waals surface area contributed by atoms with Gasteiger partial charge in [-0.05, 0) is 31.0 Å². The number of imidazole rings is 1. The number of anilines is 1. The Morgan fingerprint density at radius 3 is 2.95 bits per heavy atom. The molecule has 2 rings (SSSR count). The van der Waals surface area contributed by atoms with Gasteiger partial charge in [0.1, 0.15) is 0 Å². The maximum Gasteiger partial charge on any atom is 0.303 e. The lowest BCUT2D eigenvalue weighted by atomic mass is 10.2. The molecule has 0 atom stereocenters. The van der Waals surface area contributed by atoms with Crippen LogP contribution in [0, 0.1) is 0 Å². The van der Waals surface area contributed by atoms with Gasteiger partial charge < -0.3 is 14.6 Å². The molecule has 0 unspecified atom stereocenters. The molecule has 102 valence electrons. The van der Waals surface area contributed by atoms with Crippen molar-refractivity contribution in [3.8, 4) is 0 Å². The van der Waals surface area contributed by atoms with E-state index in [0.29, 0.717) is 6.42 Å². The van der Waals surface area contributed by atoms with Gasteiger partial charge in [0.25, 0.3) is 0 Å². The third-order valence-electron chi connectivity index (χ3n) is 3.28. The van der Waals surface area contributed by atoms with Crippen molar-refractivity contribution < 1.29 is 9.90 Å². The first kappa shape index (κ1) is 13.4. The Hall–Kier alpha value is -2.04. The molecule has 1 heterocycles. The van der Waals surface area contributed by atoms with Crippen LogP contribution in [0.1, 0.15) is 19.3 Å². The smallest absolute Gasteiger partial charge is 0.303 e. The van der Waals surface area contributed by atoms with E-state index in [4.69, 9.17) is 5.11 Å². The van der Waals surface area contributed by atoms with Crippen LogP contribution in [0.3, 0.4) is 0 Å². The van der Waals surface area contributed by atoms with Gasteiger partial charge in [-0.25, -0.2) is 4.98 Å². The van der Waals surface area contributed by atoms with Gasteiger partial charge in [0, 0.05) is 32.7 Å². The molecule has 0 bridgehead atoms. The number of rotatable bonds is 6. The lowest BCUT2D eigenvalue weighted by Gasteiger charge is -2.19. The number of hydrogen-bond donors (Lipinski definition) is 1. The predicted molar refractivity (Wildman–Crippen MR) is 75.5 cm³/mol. The highest BCUT2D eigenvalue weighted by molar-refractivity contribution is 5.79. The molecule has 19 heavy (non-hydrogen) atoms. The molecule has 0 amide bonds. The van der Waals surface area contributed by atoms with Crippen LogP contribution in [0.2, 0.25) is 0 Å². The topological polar surface area (TPSA) is 58.4 Å². The number of carboxylic acid groups (broad SMARTS) is 1. The highest BCUT2D eigenvalue weighted by atomic mass is 16.4. The summed E-state index contributed by atoms with van der Waals surface area (Å²) in [5.41, 5.74) is 3.21. The first-order valence-electron chi connectivity index (χ1n) is 6.42. The zero-order chi connectivity index (χ0) is 13.8. The Morgan fingerprint density at radius 2 is 2.21 bits per heavy atom. The molecule has 0 saturated heterocycles. The zero-order valence-corrected chi connectivity index (χ0v) is 11.3. The molecule has 1 N–H and O–H groups in total. The zero-order valence-electron chi connectivity index (χ0n) is 11.3.